The molecule has 0 spiro atoms. The molecule has 1 fully saturated rings. The second-order valence-corrected chi connectivity index (χ2v) is 5.23. The maximum Gasteiger partial charge on any atom is 0.0771 e. The fourth-order valence-corrected chi connectivity index (χ4v) is 1.89. The Labute approximate surface area is 83.5 Å². The molecule has 1 N–H and O–H groups in total. The van der Waals surface area contributed by atoms with E-state index >= 15 is 0 Å². The van der Waals surface area contributed by atoms with Crippen molar-refractivity contribution in [1.29, 1.82) is 0 Å². The van der Waals surface area contributed by atoms with Gasteiger partial charge in [-0.3, -0.25) is 0 Å². The lowest BCUT2D eigenvalue weighted by molar-refractivity contribution is -0.880. The smallest absolute Gasteiger partial charge is 0.0771 e. The fourth-order valence-electron chi connectivity index (χ4n) is 1.89. The second-order valence-electron chi connectivity index (χ2n) is 5.23. The zero-order valence-corrected chi connectivity index (χ0v) is 9.60. The molecule has 1 saturated carbocycles. The predicted octanol–water partition coefficient (Wildman–Crippen LogP) is 1.74. The molecule has 0 aliphatic heterocycles. The van der Waals surface area contributed by atoms with Crippen molar-refractivity contribution in [1.82, 2.24) is 0 Å². The average molecular weight is 184 g/mol. The van der Waals surface area contributed by atoms with E-state index in [0.29, 0.717) is 0 Å². The summed E-state index contributed by atoms with van der Waals surface area (Å²) < 4.78 is 0. The molecule has 1 aliphatic rings. The van der Waals surface area contributed by atoms with E-state index in [1.807, 2.05) is 0 Å². The van der Waals surface area contributed by atoms with Crippen LogP contribution in [-0.2, 0) is 0 Å². The topological polar surface area (TPSA) is 4.44 Å². The van der Waals surface area contributed by atoms with E-state index in [2.05, 4.69) is 20.9 Å². The molecule has 1 aliphatic carbocycles. The van der Waals surface area contributed by atoms with Crippen molar-refractivity contribution < 1.29 is 4.90 Å². The standard InChI is InChI=1S/C12H25N/c1-11(2)7-9-13(3)10-8-12-5-4-6-12/h11-12H,4-10H2,1-3H3/p+1. The van der Waals surface area contributed by atoms with Crippen molar-refractivity contribution in [2.45, 2.75) is 46.0 Å². The Morgan fingerprint density at radius 3 is 2.38 bits per heavy atom. The zero-order chi connectivity index (χ0) is 9.68. The Morgan fingerprint density at radius 2 is 1.92 bits per heavy atom. The summed E-state index contributed by atoms with van der Waals surface area (Å²) in [6, 6.07) is 0. The molecular weight excluding hydrogens is 158 g/mol. The first kappa shape index (κ1) is 11.0. The van der Waals surface area contributed by atoms with Gasteiger partial charge in [0.25, 0.3) is 0 Å². The predicted molar refractivity (Wildman–Crippen MR) is 58.0 cm³/mol. The van der Waals surface area contributed by atoms with Gasteiger partial charge in [0.2, 0.25) is 0 Å². The van der Waals surface area contributed by atoms with Gasteiger partial charge >= 0.3 is 0 Å². The van der Waals surface area contributed by atoms with Crippen LogP contribution >= 0.6 is 0 Å². The van der Waals surface area contributed by atoms with Gasteiger partial charge in [-0.05, 0) is 24.7 Å². The molecule has 0 amide bonds. The number of quaternary nitrogens is 1. The number of nitrogens with one attached hydrogen (secondary N) is 1. The monoisotopic (exact) mass is 184 g/mol. The van der Waals surface area contributed by atoms with Gasteiger partial charge in [-0.15, -0.1) is 0 Å². The molecule has 0 bridgehead atoms. The largest absolute Gasteiger partial charge is 0.337 e. The van der Waals surface area contributed by atoms with Crippen LogP contribution in [0, 0.1) is 11.8 Å². The van der Waals surface area contributed by atoms with E-state index in [0.717, 1.165) is 11.8 Å². The summed E-state index contributed by atoms with van der Waals surface area (Å²) in [7, 11) is 2.35. The first-order chi connectivity index (χ1) is 6.18. The van der Waals surface area contributed by atoms with Crippen molar-refractivity contribution in [3.8, 4) is 0 Å². The highest BCUT2D eigenvalue weighted by molar-refractivity contribution is 4.68. The van der Waals surface area contributed by atoms with Crippen molar-refractivity contribution in [3.05, 3.63) is 0 Å². The highest BCUT2D eigenvalue weighted by Crippen LogP contribution is 2.28. The van der Waals surface area contributed by atoms with Crippen LogP contribution < -0.4 is 4.90 Å². The fraction of sp³-hybridized carbons (Fsp3) is 1.00. The van der Waals surface area contributed by atoms with Gasteiger partial charge in [0.05, 0.1) is 20.1 Å². The minimum Gasteiger partial charge on any atom is -0.337 e. The maximum atomic E-state index is 2.35. The van der Waals surface area contributed by atoms with E-state index in [1.165, 1.54) is 45.2 Å². The molecule has 1 heteroatoms. The van der Waals surface area contributed by atoms with E-state index in [9.17, 15) is 0 Å². The lowest BCUT2D eigenvalue weighted by atomic mass is 9.83. The molecule has 1 unspecified atom stereocenters. The summed E-state index contributed by atoms with van der Waals surface area (Å²) in [5.41, 5.74) is 0. The molecule has 1 rings (SSSR count). The Bertz CT molecular complexity index is 127. The lowest BCUT2D eigenvalue weighted by Gasteiger charge is -2.26. The molecule has 78 valence electrons. The lowest BCUT2D eigenvalue weighted by Crippen LogP contribution is -3.09. The van der Waals surface area contributed by atoms with Crippen LogP contribution in [0.2, 0.25) is 0 Å². The van der Waals surface area contributed by atoms with Crippen LogP contribution in [0.5, 0.6) is 0 Å². The maximum absolute atomic E-state index is 2.35. The Balaban J connectivity index is 1.93. The molecule has 13 heavy (non-hydrogen) atoms. The van der Waals surface area contributed by atoms with Crippen molar-refractivity contribution in [3.63, 3.8) is 0 Å². The van der Waals surface area contributed by atoms with Crippen LogP contribution in [0.3, 0.4) is 0 Å². The SMILES string of the molecule is CC(C)CC[NH+](C)CCC1CCC1. The summed E-state index contributed by atoms with van der Waals surface area (Å²) in [5.74, 6) is 1.97. The molecule has 1 nitrogen and oxygen atoms in total. The minimum absolute atomic E-state index is 0.874. The molecule has 0 aromatic rings. The molecule has 0 aromatic heterocycles. The quantitative estimate of drug-likeness (QED) is 0.641. The summed E-state index contributed by atoms with van der Waals surface area (Å²) in [4.78, 5) is 1.74. The van der Waals surface area contributed by atoms with Crippen LogP contribution in [0.4, 0.5) is 0 Å². The Hall–Kier alpha value is -0.0400. The minimum atomic E-state index is 0.874. The van der Waals surface area contributed by atoms with E-state index < -0.39 is 0 Å². The summed E-state index contributed by atoms with van der Waals surface area (Å²) in [6.07, 6.45) is 7.38. The summed E-state index contributed by atoms with van der Waals surface area (Å²) in [6.45, 7) is 7.40. The van der Waals surface area contributed by atoms with Gasteiger partial charge in [-0.25, -0.2) is 0 Å². The van der Waals surface area contributed by atoms with Crippen LogP contribution in [0.25, 0.3) is 0 Å². The molecule has 1 atom stereocenters. The highest BCUT2D eigenvalue weighted by Gasteiger charge is 2.18. The van der Waals surface area contributed by atoms with E-state index in [-0.39, 0.29) is 0 Å². The van der Waals surface area contributed by atoms with Crippen LogP contribution in [0.1, 0.15) is 46.0 Å². The molecular formula is C12H26N+. The van der Waals surface area contributed by atoms with Crippen molar-refractivity contribution in [2.24, 2.45) is 11.8 Å². The molecule has 0 heterocycles. The van der Waals surface area contributed by atoms with Crippen LogP contribution in [-0.4, -0.2) is 20.1 Å². The summed E-state index contributed by atoms with van der Waals surface area (Å²) >= 11 is 0. The van der Waals surface area contributed by atoms with Gasteiger partial charge in [0.1, 0.15) is 0 Å². The van der Waals surface area contributed by atoms with Gasteiger partial charge in [-0.1, -0.05) is 33.1 Å². The third kappa shape index (κ3) is 4.66. The number of hydrogen-bond acceptors (Lipinski definition) is 0. The normalized spacial score (nSPS) is 20.3. The molecule has 0 radical (unpaired) electrons. The van der Waals surface area contributed by atoms with E-state index in [4.69, 9.17) is 0 Å². The van der Waals surface area contributed by atoms with Gasteiger partial charge < -0.3 is 4.90 Å². The first-order valence-electron chi connectivity index (χ1n) is 5.99. The third-order valence-corrected chi connectivity index (χ3v) is 3.35. The van der Waals surface area contributed by atoms with Gasteiger partial charge in [-0.2, -0.15) is 0 Å². The number of hydrogen-bond donors (Lipinski definition) is 1. The van der Waals surface area contributed by atoms with Crippen molar-refractivity contribution >= 4 is 0 Å². The zero-order valence-electron chi connectivity index (χ0n) is 9.60. The van der Waals surface area contributed by atoms with Gasteiger partial charge in [0.15, 0.2) is 0 Å². The molecule has 0 aromatic carbocycles. The van der Waals surface area contributed by atoms with Crippen LogP contribution in [0.15, 0.2) is 0 Å². The first-order valence-corrected chi connectivity index (χ1v) is 5.99. The average Bonchev–Trinajstić information content (AvgIpc) is 1.98. The molecule has 0 saturated heterocycles. The van der Waals surface area contributed by atoms with Gasteiger partial charge in [0, 0.05) is 0 Å². The highest BCUT2D eigenvalue weighted by atomic mass is 15.1. The Morgan fingerprint density at radius 1 is 1.23 bits per heavy atom. The third-order valence-electron chi connectivity index (χ3n) is 3.35. The van der Waals surface area contributed by atoms with E-state index in [1.54, 1.807) is 4.90 Å². The Kier molecular flexibility index (Phi) is 4.79. The summed E-state index contributed by atoms with van der Waals surface area (Å²) in [5, 5.41) is 0. The second kappa shape index (κ2) is 5.64. The van der Waals surface area contributed by atoms with Crippen molar-refractivity contribution in [2.75, 3.05) is 20.1 Å². The number of rotatable bonds is 6.